The van der Waals surface area contributed by atoms with E-state index in [-0.39, 0.29) is 5.82 Å². The fourth-order valence-electron chi connectivity index (χ4n) is 4.12. The molecule has 1 fully saturated rings. The Balaban J connectivity index is 1.60. The number of pyridine rings is 1. The predicted molar refractivity (Wildman–Crippen MR) is 117 cm³/mol. The minimum absolute atomic E-state index is 0.317. The van der Waals surface area contributed by atoms with Gasteiger partial charge in [-0.25, -0.2) is 19.3 Å². The minimum atomic E-state index is -0.376. The molecule has 0 aliphatic carbocycles. The van der Waals surface area contributed by atoms with Gasteiger partial charge in [-0.05, 0) is 60.0 Å². The lowest BCUT2D eigenvalue weighted by Crippen LogP contribution is -2.26. The van der Waals surface area contributed by atoms with Crippen LogP contribution in [0.4, 0.5) is 10.2 Å². The van der Waals surface area contributed by atoms with Gasteiger partial charge in [0.25, 0.3) is 0 Å². The zero-order chi connectivity index (χ0) is 20.8. The van der Waals surface area contributed by atoms with Crippen LogP contribution in [0.5, 0.6) is 0 Å². The molecular weight excluding hydrogens is 449 g/mol. The molecule has 0 amide bonds. The van der Waals surface area contributed by atoms with Crippen LogP contribution in [0.15, 0.2) is 45.6 Å². The Labute approximate surface area is 181 Å². The van der Waals surface area contributed by atoms with E-state index in [1.807, 2.05) is 29.0 Å². The number of nitrogens with zero attached hydrogens (tertiary/aromatic N) is 5. The first-order chi connectivity index (χ1) is 14.5. The van der Waals surface area contributed by atoms with Gasteiger partial charge in [-0.15, -0.1) is 0 Å². The Morgan fingerprint density at radius 1 is 1.23 bits per heavy atom. The van der Waals surface area contributed by atoms with E-state index < -0.39 is 0 Å². The van der Waals surface area contributed by atoms with E-state index in [4.69, 9.17) is 4.42 Å². The van der Waals surface area contributed by atoms with Crippen molar-refractivity contribution in [3.05, 3.63) is 58.6 Å². The number of imidazole rings is 1. The number of hydrogen-bond donors (Lipinski definition) is 0. The quantitative estimate of drug-likeness (QED) is 0.404. The van der Waals surface area contributed by atoms with Crippen LogP contribution >= 0.6 is 15.9 Å². The number of rotatable bonds is 4. The normalized spacial score (nSPS) is 16.7. The second-order valence-corrected chi connectivity index (χ2v) is 8.55. The number of hydrogen-bond acceptors (Lipinski definition) is 5. The highest BCUT2D eigenvalue weighted by Crippen LogP contribution is 2.31. The lowest BCUT2D eigenvalue weighted by Gasteiger charge is -2.22. The van der Waals surface area contributed by atoms with Gasteiger partial charge in [0.15, 0.2) is 11.7 Å². The van der Waals surface area contributed by atoms with Gasteiger partial charge in [-0.3, -0.25) is 0 Å². The van der Waals surface area contributed by atoms with Crippen molar-refractivity contribution in [2.24, 2.45) is 0 Å². The molecule has 1 saturated heterocycles. The third-order valence-electron chi connectivity index (χ3n) is 5.65. The van der Waals surface area contributed by atoms with Gasteiger partial charge in [-0.2, -0.15) is 0 Å². The summed E-state index contributed by atoms with van der Waals surface area (Å²) in [5.41, 5.74) is 2.60. The first-order valence-electron chi connectivity index (χ1n) is 9.99. The third-order valence-corrected chi connectivity index (χ3v) is 6.26. The van der Waals surface area contributed by atoms with Gasteiger partial charge in [0.1, 0.15) is 23.4 Å². The second-order valence-electron chi connectivity index (χ2n) is 7.70. The molecule has 0 N–H and O–H groups in total. The number of benzene rings is 1. The Bertz CT molecular complexity index is 1220. The summed E-state index contributed by atoms with van der Waals surface area (Å²) in [5.74, 6) is 1.83. The standard InChI is InChI=1S/C22H21BrFN5O/c1-13-4-3-9-28(13)19-8-5-15(10-25-19)22-27-21-18(7-6-17(23)20(21)24)29(22)11-16-12-30-14(2)26-16/h5-8,10,12-13H,3-4,9,11H2,1-2H3. The molecule has 0 bridgehead atoms. The van der Waals surface area contributed by atoms with E-state index in [1.54, 1.807) is 19.3 Å². The summed E-state index contributed by atoms with van der Waals surface area (Å²) in [5, 5.41) is 0. The molecule has 3 aromatic heterocycles. The van der Waals surface area contributed by atoms with E-state index in [0.29, 0.717) is 39.8 Å². The molecule has 0 spiro atoms. The van der Waals surface area contributed by atoms with E-state index in [1.165, 1.54) is 12.8 Å². The van der Waals surface area contributed by atoms with E-state index in [0.717, 1.165) is 23.6 Å². The molecule has 1 atom stereocenters. The second kappa shape index (κ2) is 7.50. The number of anilines is 1. The van der Waals surface area contributed by atoms with Crippen molar-refractivity contribution in [3.63, 3.8) is 0 Å². The molecule has 1 aliphatic rings. The summed E-state index contributed by atoms with van der Waals surface area (Å²) in [6, 6.07) is 8.08. The van der Waals surface area contributed by atoms with Crippen LogP contribution in [-0.4, -0.2) is 32.1 Å². The van der Waals surface area contributed by atoms with Crippen LogP contribution in [0.3, 0.4) is 0 Å². The monoisotopic (exact) mass is 469 g/mol. The average molecular weight is 470 g/mol. The molecule has 0 saturated carbocycles. The molecule has 30 heavy (non-hydrogen) atoms. The number of halogens is 2. The number of aromatic nitrogens is 4. The molecule has 0 radical (unpaired) electrons. The molecule has 1 unspecified atom stereocenters. The van der Waals surface area contributed by atoms with Gasteiger partial charge < -0.3 is 13.9 Å². The maximum Gasteiger partial charge on any atom is 0.191 e. The maximum atomic E-state index is 14.8. The Kier molecular flexibility index (Phi) is 4.81. The van der Waals surface area contributed by atoms with E-state index >= 15 is 0 Å². The first kappa shape index (κ1) is 19.2. The predicted octanol–water partition coefficient (Wildman–Crippen LogP) is 5.33. The minimum Gasteiger partial charge on any atom is -0.449 e. The summed E-state index contributed by atoms with van der Waals surface area (Å²) < 4.78 is 22.5. The van der Waals surface area contributed by atoms with Gasteiger partial charge >= 0.3 is 0 Å². The summed E-state index contributed by atoms with van der Waals surface area (Å²) >= 11 is 3.26. The fourth-order valence-corrected chi connectivity index (χ4v) is 4.44. The van der Waals surface area contributed by atoms with Gasteiger partial charge in [0.2, 0.25) is 0 Å². The van der Waals surface area contributed by atoms with Crippen molar-refractivity contribution < 1.29 is 8.81 Å². The van der Waals surface area contributed by atoms with Gasteiger partial charge in [0, 0.05) is 31.3 Å². The number of fused-ring (bicyclic) bond motifs is 1. The Morgan fingerprint density at radius 3 is 2.77 bits per heavy atom. The molecule has 5 rings (SSSR count). The van der Waals surface area contributed by atoms with Crippen LogP contribution in [0, 0.1) is 12.7 Å². The molecule has 4 aromatic rings. The Hall–Kier alpha value is -2.74. The SMILES string of the molecule is Cc1nc(Cn2c(-c3ccc(N4CCCC4C)nc3)nc3c(F)c(Br)ccc32)co1. The Morgan fingerprint density at radius 2 is 2.10 bits per heavy atom. The average Bonchev–Trinajstić information content (AvgIpc) is 3.45. The largest absolute Gasteiger partial charge is 0.449 e. The molecule has 1 aromatic carbocycles. The van der Waals surface area contributed by atoms with Crippen LogP contribution in [0.25, 0.3) is 22.4 Å². The maximum absolute atomic E-state index is 14.8. The van der Waals surface area contributed by atoms with Crippen LogP contribution < -0.4 is 4.90 Å². The zero-order valence-corrected chi connectivity index (χ0v) is 18.4. The van der Waals surface area contributed by atoms with Gasteiger partial charge in [-0.1, -0.05) is 0 Å². The third kappa shape index (κ3) is 3.29. The molecule has 1 aliphatic heterocycles. The molecule has 4 heterocycles. The summed E-state index contributed by atoms with van der Waals surface area (Å²) in [6.07, 6.45) is 5.81. The van der Waals surface area contributed by atoms with Crippen LogP contribution in [0.1, 0.15) is 31.4 Å². The van der Waals surface area contributed by atoms with Crippen molar-refractivity contribution in [3.8, 4) is 11.4 Å². The number of oxazole rings is 1. The van der Waals surface area contributed by atoms with Crippen molar-refractivity contribution in [1.29, 1.82) is 0 Å². The van der Waals surface area contributed by atoms with Crippen molar-refractivity contribution >= 4 is 32.8 Å². The lowest BCUT2D eigenvalue weighted by atomic mass is 10.2. The van der Waals surface area contributed by atoms with Crippen molar-refractivity contribution in [1.82, 2.24) is 19.5 Å². The first-order valence-corrected chi connectivity index (χ1v) is 10.8. The van der Waals surface area contributed by atoms with Crippen LogP contribution in [0.2, 0.25) is 0 Å². The summed E-state index contributed by atoms with van der Waals surface area (Å²) in [7, 11) is 0. The molecular formula is C22H21BrFN5O. The number of aryl methyl sites for hydroxylation is 1. The van der Waals surface area contributed by atoms with Crippen LogP contribution in [-0.2, 0) is 6.54 Å². The van der Waals surface area contributed by atoms with Crippen molar-refractivity contribution in [2.75, 3.05) is 11.4 Å². The molecule has 8 heteroatoms. The van der Waals surface area contributed by atoms with Crippen molar-refractivity contribution in [2.45, 2.75) is 39.3 Å². The summed E-state index contributed by atoms with van der Waals surface area (Å²) in [6.45, 7) is 5.48. The van der Waals surface area contributed by atoms with E-state index in [2.05, 4.69) is 42.7 Å². The smallest absolute Gasteiger partial charge is 0.191 e. The topological polar surface area (TPSA) is 60.0 Å². The highest BCUT2D eigenvalue weighted by atomic mass is 79.9. The summed E-state index contributed by atoms with van der Waals surface area (Å²) in [4.78, 5) is 16.0. The van der Waals surface area contributed by atoms with E-state index in [9.17, 15) is 4.39 Å². The molecule has 154 valence electrons. The fraction of sp³-hybridized carbons (Fsp3) is 0.318. The molecule has 6 nitrogen and oxygen atoms in total. The highest BCUT2D eigenvalue weighted by molar-refractivity contribution is 9.10. The zero-order valence-electron chi connectivity index (χ0n) is 16.8. The highest BCUT2D eigenvalue weighted by Gasteiger charge is 2.22. The van der Waals surface area contributed by atoms with Gasteiger partial charge in [0.05, 0.1) is 22.2 Å². The lowest BCUT2D eigenvalue weighted by molar-refractivity contribution is 0.520.